The molecule has 1 atom stereocenters. The van der Waals surface area contributed by atoms with Crippen molar-refractivity contribution < 1.29 is 9.90 Å². The molecule has 21 heavy (non-hydrogen) atoms. The predicted octanol–water partition coefficient (Wildman–Crippen LogP) is 1.25. The quantitative estimate of drug-likeness (QED) is 0.803. The summed E-state index contributed by atoms with van der Waals surface area (Å²) in [4.78, 5) is 12.8. The van der Waals surface area contributed by atoms with Crippen molar-refractivity contribution in [2.75, 3.05) is 6.54 Å². The van der Waals surface area contributed by atoms with E-state index in [0.717, 1.165) is 12.8 Å². The van der Waals surface area contributed by atoms with Crippen LogP contribution in [-0.4, -0.2) is 43.9 Å². The largest absolute Gasteiger partial charge is 0.391 e. The van der Waals surface area contributed by atoms with Crippen LogP contribution in [0.3, 0.4) is 0 Å². The van der Waals surface area contributed by atoms with Gasteiger partial charge in [0.25, 0.3) is 5.91 Å². The summed E-state index contributed by atoms with van der Waals surface area (Å²) in [6.07, 6.45) is 2.70. The highest BCUT2D eigenvalue weighted by Crippen LogP contribution is 2.20. The minimum absolute atomic E-state index is 0.202. The second-order valence-corrected chi connectivity index (χ2v) is 5.66. The highest BCUT2D eigenvalue weighted by Gasteiger charge is 2.19. The lowest BCUT2D eigenvalue weighted by molar-refractivity contribution is 0.0819. The Kier molecular flexibility index (Phi) is 5.40. The molecule has 0 saturated heterocycles. The number of aromatic nitrogens is 4. The first-order valence-corrected chi connectivity index (χ1v) is 7.82. The second-order valence-electron chi connectivity index (χ2n) is 4.74. The summed E-state index contributed by atoms with van der Waals surface area (Å²) in [6, 6.07) is 1.78. The van der Waals surface area contributed by atoms with Gasteiger partial charge in [-0.3, -0.25) is 4.79 Å². The SMILES string of the molecule is CCC(CC)C(O)CNC(=O)c1sccc1-n1cnnn1. The number of rotatable bonds is 7. The van der Waals surface area contributed by atoms with Gasteiger partial charge in [-0.2, -0.15) is 4.68 Å². The van der Waals surface area contributed by atoms with Crippen LogP contribution in [0, 0.1) is 5.92 Å². The van der Waals surface area contributed by atoms with E-state index in [2.05, 4.69) is 20.8 Å². The van der Waals surface area contributed by atoms with Gasteiger partial charge >= 0.3 is 0 Å². The Balaban J connectivity index is 2.00. The van der Waals surface area contributed by atoms with Crippen LogP contribution in [0.2, 0.25) is 0 Å². The maximum Gasteiger partial charge on any atom is 0.263 e. The van der Waals surface area contributed by atoms with Crippen molar-refractivity contribution in [2.24, 2.45) is 5.92 Å². The van der Waals surface area contributed by atoms with Crippen LogP contribution in [0.1, 0.15) is 36.4 Å². The van der Waals surface area contributed by atoms with E-state index in [1.165, 1.54) is 22.3 Å². The third kappa shape index (κ3) is 3.64. The van der Waals surface area contributed by atoms with E-state index < -0.39 is 6.10 Å². The van der Waals surface area contributed by atoms with Gasteiger partial charge in [-0.1, -0.05) is 26.7 Å². The topological polar surface area (TPSA) is 92.9 Å². The van der Waals surface area contributed by atoms with Crippen LogP contribution in [0.15, 0.2) is 17.8 Å². The van der Waals surface area contributed by atoms with E-state index in [0.29, 0.717) is 10.6 Å². The molecule has 2 rings (SSSR count). The molecule has 1 amide bonds. The Bertz CT molecular complexity index is 565. The molecule has 8 heteroatoms. The average Bonchev–Trinajstić information content (AvgIpc) is 3.15. The van der Waals surface area contributed by atoms with Gasteiger partial charge in [0.15, 0.2) is 0 Å². The van der Waals surface area contributed by atoms with Gasteiger partial charge in [0.2, 0.25) is 0 Å². The van der Waals surface area contributed by atoms with E-state index in [4.69, 9.17) is 0 Å². The fourth-order valence-corrected chi connectivity index (χ4v) is 3.00. The first kappa shape index (κ1) is 15.6. The molecular weight excluding hydrogens is 290 g/mol. The van der Waals surface area contributed by atoms with Gasteiger partial charge in [-0.05, 0) is 27.8 Å². The van der Waals surface area contributed by atoms with Crippen molar-refractivity contribution in [2.45, 2.75) is 32.8 Å². The molecular formula is C13H19N5O2S. The maximum atomic E-state index is 12.2. The molecule has 0 fully saturated rings. The first-order chi connectivity index (χ1) is 10.2. The van der Waals surface area contributed by atoms with E-state index in [1.54, 1.807) is 6.07 Å². The maximum absolute atomic E-state index is 12.2. The summed E-state index contributed by atoms with van der Waals surface area (Å²) in [7, 11) is 0. The number of thiophene rings is 1. The van der Waals surface area contributed by atoms with Crippen LogP contribution in [0.25, 0.3) is 5.69 Å². The van der Waals surface area contributed by atoms with Gasteiger partial charge in [0.1, 0.15) is 11.2 Å². The normalized spacial score (nSPS) is 12.6. The Labute approximate surface area is 127 Å². The van der Waals surface area contributed by atoms with Crippen molar-refractivity contribution in [1.29, 1.82) is 0 Å². The van der Waals surface area contributed by atoms with Crippen molar-refractivity contribution >= 4 is 17.2 Å². The molecule has 0 aliphatic heterocycles. The van der Waals surface area contributed by atoms with Gasteiger partial charge in [-0.25, -0.2) is 0 Å². The molecule has 2 aromatic heterocycles. The number of nitrogens with one attached hydrogen (secondary N) is 1. The lowest BCUT2D eigenvalue weighted by atomic mass is 9.96. The van der Waals surface area contributed by atoms with Crippen LogP contribution in [0.5, 0.6) is 0 Å². The summed E-state index contributed by atoms with van der Waals surface area (Å²) in [6.45, 7) is 4.32. The number of tetrazole rings is 1. The van der Waals surface area contributed by atoms with E-state index in [-0.39, 0.29) is 18.4 Å². The number of carbonyl (C=O) groups excluding carboxylic acids is 1. The monoisotopic (exact) mass is 309 g/mol. The number of amides is 1. The summed E-state index contributed by atoms with van der Waals surface area (Å²) >= 11 is 1.32. The fraction of sp³-hybridized carbons (Fsp3) is 0.538. The predicted molar refractivity (Wildman–Crippen MR) is 79.4 cm³/mol. The number of carbonyl (C=O) groups is 1. The highest BCUT2D eigenvalue weighted by atomic mass is 32.1. The Morgan fingerprint density at radius 2 is 2.24 bits per heavy atom. The van der Waals surface area contributed by atoms with E-state index in [9.17, 15) is 9.90 Å². The molecule has 114 valence electrons. The van der Waals surface area contributed by atoms with Gasteiger partial charge < -0.3 is 10.4 Å². The molecule has 0 aromatic carbocycles. The highest BCUT2D eigenvalue weighted by molar-refractivity contribution is 7.12. The van der Waals surface area contributed by atoms with Crippen molar-refractivity contribution in [3.05, 3.63) is 22.7 Å². The van der Waals surface area contributed by atoms with Crippen molar-refractivity contribution in [1.82, 2.24) is 25.5 Å². The molecule has 2 aromatic rings. The number of aliphatic hydroxyl groups is 1. The molecule has 7 nitrogen and oxygen atoms in total. The number of hydrogen-bond acceptors (Lipinski definition) is 6. The van der Waals surface area contributed by atoms with E-state index in [1.807, 2.05) is 19.2 Å². The fourth-order valence-electron chi connectivity index (χ4n) is 2.20. The lowest BCUT2D eigenvalue weighted by Gasteiger charge is -2.20. The summed E-state index contributed by atoms with van der Waals surface area (Å²) in [5, 5.41) is 25.6. The molecule has 1 unspecified atom stereocenters. The van der Waals surface area contributed by atoms with Gasteiger partial charge in [0, 0.05) is 6.54 Å². The molecule has 0 radical (unpaired) electrons. The number of aliphatic hydroxyl groups excluding tert-OH is 1. The molecule has 0 spiro atoms. The summed E-state index contributed by atoms with van der Waals surface area (Å²) in [5.74, 6) is -0.0203. The zero-order valence-electron chi connectivity index (χ0n) is 12.1. The lowest BCUT2D eigenvalue weighted by Crippen LogP contribution is -2.36. The van der Waals surface area contributed by atoms with Crippen molar-refractivity contribution in [3.63, 3.8) is 0 Å². The smallest absolute Gasteiger partial charge is 0.263 e. The molecule has 2 heterocycles. The minimum Gasteiger partial charge on any atom is -0.391 e. The molecule has 0 aliphatic carbocycles. The average molecular weight is 309 g/mol. The summed E-state index contributed by atoms with van der Waals surface area (Å²) in [5.41, 5.74) is 0.638. The summed E-state index contributed by atoms with van der Waals surface area (Å²) < 4.78 is 1.45. The van der Waals surface area contributed by atoms with Crippen LogP contribution in [0.4, 0.5) is 0 Å². The van der Waals surface area contributed by atoms with Crippen LogP contribution < -0.4 is 5.32 Å². The third-order valence-electron chi connectivity index (χ3n) is 3.51. The second kappa shape index (κ2) is 7.28. The van der Waals surface area contributed by atoms with Crippen molar-refractivity contribution in [3.8, 4) is 5.69 Å². The number of hydrogen-bond donors (Lipinski definition) is 2. The molecule has 0 bridgehead atoms. The van der Waals surface area contributed by atoms with E-state index >= 15 is 0 Å². The standard InChI is InChI=1S/C13H19N5O2S/c1-3-9(4-2)11(19)7-14-13(20)12-10(5-6-21-12)18-8-15-16-17-18/h5-6,8-9,11,19H,3-4,7H2,1-2H3,(H,14,20). The van der Waals surface area contributed by atoms with Crippen LogP contribution in [-0.2, 0) is 0 Å². The molecule has 0 aliphatic rings. The zero-order chi connectivity index (χ0) is 15.2. The zero-order valence-corrected chi connectivity index (χ0v) is 12.9. The van der Waals surface area contributed by atoms with Crippen LogP contribution >= 0.6 is 11.3 Å². The Hall–Kier alpha value is -1.80. The first-order valence-electron chi connectivity index (χ1n) is 6.94. The molecule has 0 saturated carbocycles. The Morgan fingerprint density at radius 1 is 1.48 bits per heavy atom. The van der Waals surface area contributed by atoms with Gasteiger partial charge in [0.05, 0.1) is 11.8 Å². The third-order valence-corrected chi connectivity index (χ3v) is 4.41. The Morgan fingerprint density at radius 3 is 2.86 bits per heavy atom. The van der Waals surface area contributed by atoms with Gasteiger partial charge in [-0.15, -0.1) is 16.4 Å². The molecule has 2 N–H and O–H groups in total. The number of nitrogens with zero attached hydrogens (tertiary/aromatic N) is 4. The minimum atomic E-state index is -0.527.